The normalized spacial score (nSPS) is 18.0. The molecule has 2 atom stereocenters. The summed E-state index contributed by atoms with van der Waals surface area (Å²) in [6, 6.07) is 7.57. The molecule has 1 aromatic rings. The van der Waals surface area contributed by atoms with Crippen molar-refractivity contribution in [3.63, 3.8) is 0 Å². The molecule has 0 aromatic heterocycles. The molecule has 21 heavy (non-hydrogen) atoms. The molecule has 4 heteroatoms. The minimum absolute atomic E-state index is 0.00394. The van der Waals surface area contributed by atoms with Gasteiger partial charge in [-0.15, -0.1) is 0 Å². The number of likely N-dealkylation sites (N-methyl/N-ethyl adjacent to an activating group) is 1. The lowest BCUT2D eigenvalue weighted by atomic mass is 10.0. The summed E-state index contributed by atoms with van der Waals surface area (Å²) in [6.45, 7) is 4.69. The van der Waals surface area contributed by atoms with E-state index in [0.717, 1.165) is 24.6 Å². The topological polar surface area (TPSA) is 24.5 Å². The van der Waals surface area contributed by atoms with Crippen LogP contribution in [0.25, 0.3) is 0 Å². The first-order valence-electron chi connectivity index (χ1n) is 7.82. The van der Waals surface area contributed by atoms with Gasteiger partial charge in [-0.25, -0.2) is 4.39 Å². The highest BCUT2D eigenvalue weighted by atomic mass is 19.1. The van der Waals surface area contributed by atoms with Crippen molar-refractivity contribution in [3.05, 3.63) is 35.6 Å². The smallest absolute Gasteiger partial charge is 0.128 e. The van der Waals surface area contributed by atoms with Gasteiger partial charge >= 0.3 is 0 Å². The molecule has 1 aliphatic carbocycles. The minimum atomic E-state index is -0.136. The van der Waals surface area contributed by atoms with Gasteiger partial charge in [-0.1, -0.05) is 18.2 Å². The summed E-state index contributed by atoms with van der Waals surface area (Å²) < 4.78 is 19.2. The summed E-state index contributed by atoms with van der Waals surface area (Å²) in [5, 5.41) is 3.26. The van der Waals surface area contributed by atoms with E-state index in [-0.39, 0.29) is 11.9 Å². The van der Waals surface area contributed by atoms with Gasteiger partial charge in [-0.3, -0.25) is 4.90 Å². The van der Waals surface area contributed by atoms with Crippen molar-refractivity contribution in [3.8, 4) is 0 Å². The Morgan fingerprint density at radius 3 is 2.67 bits per heavy atom. The lowest BCUT2D eigenvalue weighted by molar-refractivity contribution is 0.108. The zero-order valence-electron chi connectivity index (χ0n) is 13.3. The fourth-order valence-electron chi connectivity index (χ4n) is 2.88. The van der Waals surface area contributed by atoms with Crippen LogP contribution >= 0.6 is 0 Å². The van der Waals surface area contributed by atoms with E-state index in [0.29, 0.717) is 12.6 Å². The predicted octanol–water partition coefficient (Wildman–Crippen LogP) is 2.83. The van der Waals surface area contributed by atoms with E-state index >= 15 is 0 Å². The van der Waals surface area contributed by atoms with Crippen LogP contribution in [-0.4, -0.2) is 44.8 Å². The number of methoxy groups -OCH3 is 1. The zero-order chi connectivity index (χ0) is 15.2. The van der Waals surface area contributed by atoms with E-state index in [1.807, 2.05) is 19.2 Å². The average Bonchev–Trinajstić information content (AvgIpc) is 3.33. The molecule has 0 spiro atoms. The molecule has 118 valence electrons. The molecule has 2 rings (SSSR count). The predicted molar refractivity (Wildman–Crippen MR) is 83.8 cm³/mol. The Morgan fingerprint density at radius 2 is 2.10 bits per heavy atom. The third-order valence-corrected chi connectivity index (χ3v) is 4.51. The van der Waals surface area contributed by atoms with Gasteiger partial charge in [0.15, 0.2) is 0 Å². The maximum absolute atomic E-state index is 14.0. The molecule has 1 aliphatic rings. The first-order chi connectivity index (χ1) is 10.2. The van der Waals surface area contributed by atoms with E-state index in [1.165, 1.54) is 18.9 Å². The van der Waals surface area contributed by atoms with Crippen molar-refractivity contribution < 1.29 is 9.13 Å². The molecule has 2 unspecified atom stereocenters. The number of hydrogen-bond donors (Lipinski definition) is 1. The van der Waals surface area contributed by atoms with Crippen LogP contribution in [0.1, 0.15) is 31.4 Å². The second-order valence-electron chi connectivity index (χ2n) is 5.93. The van der Waals surface area contributed by atoms with Crippen LogP contribution in [0.3, 0.4) is 0 Å². The second-order valence-corrected chi connectivity index (χ2v) is 5.93. The SMILES string of the molecule is CNC(CN(CCOC)C(C)C1CC1)c1ccccc1F. The average molecular weight is 294 g/mol. The van der Waals surface area contributed by atoms with Crippen molar-refractivity contribution in [2.45, 2.75) is 31.8 Å². The number of nitrogens with one attached hydrogen (secondary N) is 1. The number of rotatable bonds is 9. The Morgan fingerprint density at radius 1 is 1.38 bits per heavy atom. The summed E-state index contributed by atoms with van der Waals surface area (Å²) in [6.07, 6.45) is 2.63. The summed E-state index contributed by atoms with van der Waals surface area (Å²) in [5.74, 6) is 0.655. The molecule has 1 fully saturated rings. The Labute approximate surface area is 127 Å². The van der Waals surface area contributed by atoms with Crippen molar-refractivity contribution in [1.29, 1.82) is 0 Å². The van der Waals surface area contributed by atoms with Gasteiger partial charge in [0.05, 0.1) is 6.61 Å². The summed E-state index contributed by atoms with van der Waals surface area (Å²) >= 11 is 0. The van der Waals surface area contributed by atoms with Crippen LogP contribution in [0.4, 0.5) is 4.39 Å². The van der Waals surface area contributed by atoms with Gasteiger partial charge in [0.2, 0.25) is 0 Å². The molecule has 0 saturated heterocycles. The largest absolute Gasteiger partial charge is 0.383 e. The summed E-state index contributed by atoms with van der Waals surface area (Å²) in [7, 11) is 3.62. The molecule has 3 nitrogen and oxygen atoms in total. The first kappa shape index (κ1) is 16.4. The van der Waals surface area contributed by atoms with E-state index < -0.39 is 0 Å². The standard InChI is InChI=1S/C17H27FN2O/c1-13(14-8-9-14)20(10-11-21-3)12-17(19-2)15-6-4-5-7-16(15)18/h4-7,13-14,17,19H,8-12H2,1-3H3. The van der Waals surface area contributed by atoms with Crippen LogP contribution in [0.5, 0.6) is 0 Å². The molecule has 0 bridgehead atoms. The van der Waals surface area contributed by atoms with Crippen molar-refractivity contribution in [2.75, 3.05) is 33.9 Å². The van der Waals surface area contributed by atoms with E-state index in [4.69, 9.17) is 4.74 Å². The van der Waals surface area contributed by atoms with Gasteiger partial charge in [-0.05, 0) is 38.8 Å². The quantitative estimate of drug-likeness (QED) is 0.758. The molecule has 0 amide bonds. The highest BCUT2D eigenvalue weighted by molar-refractivity contribution is 5.21. The van der Waals surface area contributed by atoms with Crippen molar-refractivity contribution in [2.24, 2.45) is 5.92 Å². The summed E-state index contributed by atoms with van der Waals surface area (Å²) in [4.78, 5) is 2.43. The minimum Gasteiger partial charge on any atom is -0.383 e. The third-order valence-electron chi connectivity index (χ3n) is 4.51. The molecule has 0 aliphatic heterocycles. The molecule has 1 N–H and O–H groups in total. The lowest BCUT2D eigenvalue weighted by Crippen LogP contribution is -2.42. The second kappa shape index (κ2) is 7.87. The third kappa shape index (κ3) is 4.50. The first-order valence-corrected chi connectivity index (χ1v) is 7.82. The number of hydrogen-bond acceptors (Lipinski definition) is 3. The van der Waals surface area contributed by atoms with Gasteiger partial charge < -0.3 is 10.1 Å². The number of benzene rings is 1. The molecule has 0 heterocycles. The highest BCUT2D eigenvalue weighted by Crippen LogP contribution is 2.35. The Kier molecular flexibility index (Phi) is 6.15. The fraction of sp³-hybridized carbons (Fsp3) is 0.647. The summed E-state index contributed by atoms with van der Waals surface area (Å²) in [5.41, 5.74) is 0.741. The van der Waals surface area contributed by atoms with Crippen LogP contribution in [-0.2, 0) is 4.74 Å². The Balaban J connectivity index is 2.06. The van der Waals surface area contributed by atoms with Crippen LogP contribution in [0.2, 0.25) is 0 Å². The maximum Gasteiger partial charge on any atom is 0.128 e. The van der Waals surface area contributed by atoms with E-state index in [9.17, 15) is 4.39 Å². The Bertz CT molecular complexity index is 437. The van der Waals surface area contributed by atoms with E-state index in [1.54, 1.807) is 13.2 Å². The molecular weight excluding hydrogens is 267 g/mol. The van der Waals surface area contributed by atoms with Gasteiger partial charge in [-0.2, -0.15) is 0 Å². The van der Waals surface area contributed by atoms with Crippen LogP contribution in [0, 0.1) is 11.7 Å². The van der Waals surface area contributed by atoms with Gasteiger partial charge in [0.1, 0.15) is 5.82 Å². The number of nitrogens with zero attached hydrogens (tertiary/aromatic N) is 1. The monoisotopic (exact) mass is 294 g/mol. The molecular formula is C17H27FN2O. The fourth-order valence-corrected chi connectivity index (χ4v) is 2.88. The highest BCUT2D eigenvalue weighted by Gasteiger charge is 2.33. The molecule has 1 saturated carbocycles. The lowest BCUT2D eigenvalue weighted by Gasteiger charge is -2.32. The Hall–Kier alpha value is -0.970. The van der Waals surface area contributed by atoms with E-state index in [2.05, 4.69) is 17.1 Å². The van der Waals surface area contributed by atoms with Gasteiger partial charge in [0.25, 0.3) is 0 Å². The number of halogens is 1. The zero-order valence-corrected chi connectivity index (χ0v) is 13.3. The number of ether oxygens (including phenoxy) is 1. The van der Waals surface area contributed by atoms with Crippen molar-refractivity contribution in [1.82, 2.24) is 10.2 Å². The van der Waals surface area contributed by atoms with Gasteiger partial charge in [0, 0.05) is 37.8 Å². The maximum atomic E-state index is 14.0. The molecule has 0 radical (unpaired) electrons. The van der Waals surface area contributed by atoms with Crippen molar-refractivity contribution >= 4 is 0 Å². The van der Waals surface area contributed by atoms with Crippen LogP contribution in [0.15, 0.2) is 24.3 Å². The van der Waals surface area contributed by atoms with Crippen LogP contribution < -0.4 is 5.32 Å². The molecule has 1 aromatic carbocycles.